The summed E-state index contributed by atoms with van der Waals surface area (Å²) >= 11 is 0. The van der Waals surface area contributed by atoms with Crippen LogP contribution in [0.3, 0.4) is 0 Å². The smallest absolute Gasteiger partial charge is 0.249 e. The Balaban J connectivity index is 1.24. The van der Waals surface area contributed by atoms with E-state index in [1.165, 1.54) is 12.4 Å². The van der Waals surface area contributed by atoms with Gasteiger partial charge in [-0.3, -0.25) is 4.79 Å². The average molecular weight is 582 g/mol. The monoisotopic (exact) mass is 581 g/mol. The molecule has 0 spiro atoms. The molecule has 13 heteroatoms. The number of ether oxygens (including phenoxy) is 3. The number of anilines is 3. The second-order valence-corrected chi connectivity index (χ2v) is 8.98. The lowest BCUT2D eigenvalue weighted by Crippen LogP contribution is -2.24. The van der Waals surface area contributed by atoms with Crippen LogP contribution in [-0.4, -0.2) is 65.7 Å². The van der Waals surface area contributed by atoms with Gasteiger partial charge in [0.05, 0.1) is 13.2 Å². The van der Waals surface area contributed by atoms with Crippen molar-refractivity contribution >= 4 is 23.4 Å². The Hall–Kier alpha value is -5.49. The number of hydrogen-bond acceptors (Lipinski definition) is 10. The molecule has 0 bridgehead atoms. The second kappa shape index (κ2) is 16.7. The fraction of sp³-hybridized carbons (Fsp3) is 0.200. The van der Waals surface area contributed by atoms with Crippen molar-refractivity contribution in [2.45, 2.75) is 0 Å². The van der Waals surface area contributed by atoms with Gasteiger partial charge in [0.15, 0.2) is 0 Å². The maximum atomic E-state index is 12.4. The number of aromatic nitrogens is 3. The topological polar surface area (TPSA) is 159 Å². The molecule has 0 saturated heterocycles. The molecule has 0 saturated carbocycles. The van der Waals surface area contributed by atoms with E-state index in [1.807, 2.05) is 54.4 Å². The van der Waals surface area contributed by atoms with E-state index in [4.69, 9.17) is 19.7 Å². The van der Waals surface area contributed by atoms with Crippen LogP contribution in [0.5, 0.6) is 23.1 Å². The van der Waals surface area contributed by atoms with Crippen molar-refractivity contribution in [2.24, 2.45) is 5.11 Å². The van der Waals surface area contributed by atoms with E-state index >= 15 is 0 Å². The van der Waals surface area contributed by atoms with Gasteiger partial charge in [0, 0.05) is 36.7 Å². The number of benzene rings is 2. The third-order valence-electron chi connectivity index (χ3n) is 5.63. The molecular formula is C30H31N9O4. The van der Waals surface area contributed by atoms with Gasteiger partial charge < -0.3 is 29.7 Å². The van der Waals surface area contributed by atoms with E-state index in [1.54, 1.807) is 42.5 Å². The standard InChI is InChI=1S/C30H31N9O4/c1-39(18-20-41-19-16-34-38-31)17-6-11-29(40)37-27-10-5-9-26(35-27)36-28-21-30(33-22-32-28)43-25-14-12-24(13-15-25)42-23-7-3-2-4-8-23/h2-15,21-22H,16-20H2,1H3,(H2,32,33,35,36,37,40). The molecule has 2 aromatic carbocycles. The number of carbonyl (C=O) groups is 1. The number of likely N-dealkylation sites (N-methyl/N-ethyl adjacent to an activating group) is 1. The molecule has 2 N–H and O–H groups in total. The summed E-state index contributed by atoms with van der Waals surface area (Å²) in [4.78, 5) is 29.9. The Bertz CT molecular complexity index is 1530. The van der Waals surface area contributed by atoms with Crippen molar-refractivity contribution in [3.8, 4) is 23.1 Å². The number of amides is 1. The fourth-order valence-corrected chi connectivity index (χ4v) is 3.56. The number of para-hydroxylation sites is 1. The van der Waals surface area contributed by atoms with Crippen LogP contribution in [0.25, 0.3) is 10.4 Å². The normalized spacial score (nSPS) is 10.7. The summed E-state index contributed by atoms with van der Waals surface area (Å²) in [5, 5.41) is 9.26. The van der Waals surface area contributed by atoms with Crippen LogP contribution in [0.2, 0.25) is 0 Å². The first-order valence-electron chi connectivity index (χ1n) is 13.4. The van der Waals surface area contributed by atoms with Crippen molar-refractivity contribution in [3.63, 3.8) is 0 Å². The highest BCUT2D eigenvalue weighted by Crippen LogP contribution is 2.27. The van der Waals surface area contributed by atoms with Crippen LogP contribution in [-0.2, 0) is 9.53 Å². The van der Waals surface area contributed by atoms with Gasteiger partial charge in [0.25, 0.3) is 0 Å². The van der Waals surface area contributed by atoms with Crippen LogP contribution >= 0.6 is 0 Å². The number of nitrogens with one attached hydrogen (secondary N) is 2. The van der Waals surface area contributed by atoms with Crippen LogP contribution < -0.4 is 20.1 Å². The largest absolute Gasteiger partial charge is 0.457 e. The Morgan fingerprint density at radius 3 is 2.47 bits per heavy atom. The van der Waals surface area contributed by atoms with Crippen LogP contribution in [0.4, 0.5) is 17.5 Å². The van der Waals surface area contributed by atoms with Crippen molar-refractivity contribution in [1.29, 1.82) is 0 Å². The van der Waals surface area contributed by atoms with Gasteiger partial charge in [0.2, 0.25) is 11.8 Å². The summed E-state index contributed by atoms with van der Waals surface area (Å²) in [6.07, 6.45) is 4.59. The van der Waals surface area contributed by atoms with Gasteiger partial charge in [-0.15, -0.1) is 0 Å². The lowest BCUT2D eigenvalue weighted by molar-refractivity contribution is -0.111. The number of nitrogens with zero attached hydrogens (tertiary/aromatic N) is 7. The van der Waals surface area contributed by atoms with Crippen molar-refractivity contribution < 1.29 is 19.0 Å². The van der Waals surface area contributed by atoms with E-state index in [9.17, 15) is 4.79 Å². The zero-order valence-electron chi connectivity index (χ0n) is 23.5. The maximum absolute atomic E-state index is 12.4. The second-order valence-electron chi connectivity index (χ2n) is 8.98. The summed E-state index contributed by atoms with van der Waals surface area (Å²) in [7, 11) is 1.91. The minimum Gasteiger partial charge on any atom is -0.457 e. The molecule has 220 valence electrons. The molecule has 0 aliphatic rings. The highest BCUT2D eigenvalue weighted by Gasteiger charge is 2.06. The average Bonchev–Trinajstić information content (AvgIpc) is 3.01. The molecular weight excluding hydrogens is 550 g/mol. The Kier molecular flexibility index (Phi) is 11.8. The summed E-state index contributed by atoms with van der Waals surface area (Å²) in [5.41, 5.74) is 8.24. The highest BCUT2D eigenvalue weighted by atomic mass is 16.5. The molecule has 4 aromatic rings. The minimum absolute atomic E-state index is 0.304. The van der Waals surface area contributed by atoms with E-state index in [0.717, 1.165) is 5.75 Å². The molecule has 13 nitrogen and oxygen atoms in total. The van der Waals surface area contributed by atoms with Gasteiger partial charge >= 0.3 is 0 Å². The first-order valence-corrected chi connectivity index (χ1v) is 13.4. The molecule has 0 atom stereocenters. The zero-order chi connectivity index (χ0) is 30.1. The Labute approximate surface area is 248 Å². The molecule has 43 heavy (non-hydrogen) atoms. The quantitative estimate of drug-likeness (QED) is 0.0535. The molecule has 0 aliphatic heterocycles. The molecule has 4 rings (SSSR count). The van der Waals surface area contributed by atoms with Gasteiger partial charge in [-0.25, -0.2) is 15.0 Å². The molecule has 0 fully saturated rings. The van der Waals surface area contributed by atoms with E-state index in [-0.39, 0.29) is 5.91 Å². The molecule has 1 amide bonds. The molecule has 2 aromatic heterocycles. The van der Waals surface area contributed by atoms with E-state index in [0.29, 0.717) is 67.7 Å². The Morgan fingerprint density at radius 1 is 0.930 bits per heavy atom. The van der Waals surface area contributed by atoms with Crippen LogP contribution in [0.15, 0.2) is 102 Å². The Morgan fingerprint density at radius 2 is 1.67 bits per heavy atom. The number of carbonyl (C=O) groups excluding carboxylic acids is 1. The predicted octanol–water partition coefficient (Wildman–Crippen LogP) is 5.95. The summed E-state index contributed by atoms with van der Waals surface area (Å²) in [6.45, 7) is 2.42. The third-order valence-corrected chi connectivity index (χ3v) is 5.63. The van der Waals surface area contributed by atoms with Gasteiger partial charge in [0.1, 0.15) is 41.0 Å². The van der Waals surface area contributed by atoms with Crippen LogP contribution in [0, 0.1) is 0 Å². The SMILES string of the molecule is CN(CC=CC(=O)Nc1cccc(Nc2cc(Oc3ccc(Oc4ccccc4)cc3)ncn2)n1)CCOCCN=[N+]=[N-]. The summed E-state index contributed by atoms with van der Waals surface area (Å²) in [6, 6.07) is 23.6. The third kappa shape index (κ3) is 11.1. The number of hydrogen-bond donors (Lipinski definition) is 2. The summed E-state index contributed by atoms with van der Waals surface area (Å²) in [5.74, 6) is 3.39. The minimum atomic E-state index is -0.304. The lowest BCUT2D eigenvalue weighted by Gasteiger charge is -2.13. The van der Waals surface area contributed by atoms with Gasteiger partial charge in [-0.1, -0.05) is 35.5 Å². The first kappa shape index (κ1) is 30.5. The first-order chi connectivity index (χ1) is 21.1. The molecule has 2 heterocycles. The maximum Gasteiger partial charge on any atom is 0.249 e. The lowest BCUT2D eigenvalue weighted by atomic mass is 10.3. The summed E-state index contributed by atoms with van der Waals surface area (Å²) < 4.78 is 17.1. The highest BCUT2D eigenvalue weighted by molar-refractivity contribution is 5.98. The van der Waals surface area contributed by atoms with Crippen LogP contribution in [0.1, 0.15) is 0 Å². The number of azide groups is 1. The molecule has 0 radical (unpaired) electrons. The zero-order valence-corrected chi connectivity index (χ0v) is 23.5. The van der Waals surface area contributed by atoms with Crippen molar-refractivity contribution in [3.05, 3.63) is 108 Å². The van der Waals surface area contributed by atoms with Gasteiger partial charge in [-0.05, 0) is 61.1 Å². The van der Waals surface area contributed by atoms with E-state index in [2.05, 4.69) is 35.6 Å². The van der Waals surface area contributed by atoms with Crippen molar-refractivity contribution in [2.75, 3.05) is 50.5 Å². The number of pyridine rings is 1. The predicted molar refractivity (Wildman–Crippen MR) is 163 cm³/mol. The number of rotatable bonds is 16. The van der Waals surface area contributed by atoms with E-state index < -0.39 is 0 Å². The fourth-order valence-electron chi connectivity index (χ4n) is 3.56. The molecule has 0 unspecified atom stereocenters. The van der Waals surface area contributed by atoms with Gasteiger partial charge in [-0.2, -0.15) is 0 Å². The molecule has 0 aliphatic carbocycles. The van der Waals surface area contributed by atoms with Crippen molar-refractivity contribution in [1.82, 2.24) is 19.9 Å².